The van der Waals surface area contributed by atoms with Crippen LogP contribution in [0.15, 0.2) is 29.4 Å². The molecular weight excluding hydrogens is 216 g/mol. The Morgan fingerprint density at radius 1 is 1.24 bits per heavy atom. The fraction of sp³-hybridized carbons (Fsp3) is 0.182. The lowest BCUT2D eigenvalue weighted by atomic mass is 10.2. The summed E-state index contributed by atoms with van der Waals surface area (Å²) in [4.78, 5) is 0. The van der Waals surface area contributed by atoms with E-state index in [1.165, 1.54) is 10.2 Å². The second-order valence-corrected chi connectivity index (χ2v) is 3.72. The van der Waals surface area contributed by atoms with Gasteiger partial charge in [0, 0.05) is 0 Å². The molecule has 0 amide bonds. The lowest BCUT2D eigenvalue weighted by Crippen LogP contribution is -2.13. The van der Waals surface area contributed by atoms with Gasteiger partial charge >= 0.3 is 0 Å². The molecule has 17 heavy (non-hydrogen) atoms. The molecule has 0 aliphatic carbocycles. The van der Waals surface area contributed by atoms with Crippen molar-refractivity contribution in [2.24, 2.45) is 5.10 Å². The molecule has 0 saturated heterocycles. The number of nitrogens with one attached hydrogen (secondary N) is 1. The zero-order valence-corrected chi connectivity index (χ0v) is 9.75. The number of benzene rings is 1. The van der Waals surface area contributed by atoms with E-state index in [1.54, 1.807) is 13.1 Å². The van der Waals surface area contributed by atoms with Crippen LogP contribution in [0.25, 0.3) is 0 Å². The molecule has 2 rings (SSSR count). The number of nitrogens with two attached hydrogens (primary N) is 1. The summed E-state index contributed by atoms with van der Waals surface area (Å²) in [5.41, 5.74) is 4.95. The molecule has 0 aliphatic heterocycles. The highest BCUT2D eigenvalue weighted by Gasteiger charge is 2.02. The number of hydrazone groups is 1. The van der Waals surface area contributed by atoms with Gasteiger partial charge in [-0.25, -0.2) is 10.1 Å². The SMILES string of the molecule is Cc1ccc(/C=N\Nc2nnc(C)n2N)cc1. The zero-order valence-electron chi connectivity index (χ0n) is 9.75. The fourth-order valence-corrected chi connectivity index (χ4v) is 1.26. The summed E-state index contributed by atoms with van der Waals surface area (Å²) in [5.74, 6) is 6.69. The molecule has 3 N–H and O–H groups in total. The molecule has 2 aromatic rings. The molecule has 0 atom stereocenters. The molecular formula is C11H14N6. The fourth-order valence-electron chi connectivity index (χ4n) is 1.26. The number of nitrogens with zero attached hydrogens (tertiary/aromatic N) is 4. The van der Waals surface area contributed by atoms with Crippen LogP contribution < -0.4 is 11.3 Å². The van der Waals surface area contributed by atoms with E-state index in [9.17, 15) is 0 Å². The Hall–Kier alpha value is -2.37. The minimum atomic E-state index is 0.408. The molecule has 6 heteroatoms. The van der Waals surface area contributed by atoms with E-state index < -0.39 is 0 Å². The summed E-state index contributed by atoms with van der Waals surface area (Å²) in [6, 6.07) is 8.02. The molecule has 0 fully saturated rings. The Labute approximate surface area is 99.1 Å². The Morgan fingerprint density at radius 2 is 1.94 bits per heavy atom. The smallest absolute Gasteiger partial charge is 0.263 e. The monoisotopic (exact) mass is 230 g/mol. The molecule has 0 spiro atoms. The minimum Gasteiger partial charge on any atom is -0.335 e. The van der Waals surface area contributed by atoms with Crippen LogP contribution in [-0.4, -0.2) is 21.1 Å². The van der Waals surface area contributed by atoms with Gasteiger partial charge in [0.05, 0.1) is 6.21 Å². The summed E-state index contributed by atoms with van der Waals surface area (Å²) >= 11 is 0. The average molecular weight is 230 g/mol. The number of rotatable bonds is 3. The third-order valence-corrected chi connectivity index (χ3v) is 2.32. The van der Waals surface area contributed by atoms with Gasteiger partial charge in [0.15, 0.2) is 5.82 Å². The summed E-state index contributed by atoms with van der Waals surface area (Å²) < 4.78 is 1.34. The van der Waals surface area contributed by atoms with Crippen LogP contribution in [-0.2, 0) is 0 Å². The van der Waals surface area contributed by atoms with E-state index in [0.717, 1.165) is 5.56 Å². The average Bonchev–Trinajstić information content (AvgIpc) is 2.64. The van der Waals surface area contributed by atoms with Crippen molar-refractivity contribution in [1.29, 1.82) is 0 Å². The summed E-state index contributed by atoms with van der Waals surface area (Å²) in [7, 11) is 0. The van der Waals surface area contributed by atoms with E-state index in [1.807, 2.05) is 31.2 Å². The third-order valence-electron chi connectivity index (χ3n) is 2.32. The molecule has 1 aromatic carbocycles. The van der Waals surface area contributed by atoms with Gasteiger partial charge in [-0.2, -0.15) is 5.10 Å². The van der Waals surface area contributed by atoms with E-state index in [-0.39, 0.29) is 0 Å². The van der Waals surface area contributed by atoms with Gasteiger partial charge in [-0.15, -0.1) is 10.2 Å². The van der Waals surface area contributed by atoms with Crippen LogP contribution in [0.3, 0.4) is 0 Å². The first-order valence-corrected chi connectivity index (χ1v) is 5.19. The predicted molar refractivity (Wildman–Crippen MR) is 67.3 cm³/mol. The summed E-state index contributed by atoms with van der Waals surface area (Å²) in [5, 5.41) is 11.7. The van der Waals surface area contributed by atoms with Crippen LogP contribution in [0.4, 0.5) is 5.95 Å². The van der Waals surface area contributed by atoms with Crippen molar-refractivity contribution < 1.29 is 0 Å². The van der Waals surface area contributed by atoms with Gasteiger partial charge in [0.2, 0.25) is 0 Å². The van der Waals surface area contributed by atoms with Crippen LogP contribution in [0, 0.1) is 13.8 Å². The summed E-state index contributed by atoms with van der Waals surface area (Å²) in [6.45, 7) is 3.81. The quantitative estimate of drug-likeness (QED) is 0.469. The van der Waals surface area contributed by atoms with Gasteiger partial charge in [-0.3, -0.25) is 0 Å². The Balaban J connectivity index is 2.03. The van der Waals surface area contributed by atoms with Crippen LogP contribution in [0.2, 0.25) is 0 Å². The first kappa shape index (κ1) is 11.1. The zero-order chi connectivity index (χ0) is 12.3. The number of hydrogen-bond donors (Lipinski definition) is 2. The van der Waals surface area contributed by atoms with E-state index in [2.05, 4.69) is 20.7 Å². The highest BCUT2D eigenvalue weighted by Crippen LogP contribution is 2.02. The highest BCUT2D eigenvalue weighted by atomic mass is 15.5. The van der Waals surface area contributed by atoms with E-state index in [4.69, 9.17) is 5.84 Å². The molecule has 0 unspecified atom stereocenters. The minimum absolute atomic E-state index is 0.408. The Kier molecular flexibility index (Phi) is 3.04. The molecule has 0 bridgehead atoms. The maximum absolute atomic E-state index is 5.66. The molecule has 0 radical (unpaired) electrons. The van der Waals surface area contributed by atoms with Gasteiger partial charge in [0.1, 0.15) is 0 Å². The van der Waals surface area contributed by atoms with Crippen molar-refractivity contribution in [2.75, 3.05) is 11.3 Å². The maximum atomic E-state index is 5.66. The van der Waals surface area contributed by atoms with Gasteiger partial charge in [-0.1, -0.05) is 29.8 Å². The van der Waals surface area contributed by atoms with Gasteiger partial charge < -0.3 is 5.84 Å². The topological polar surface area (TPSA) is 81.1 Å². The lowest BCUT2D eigenvalue weighted by molar-refractivity contribution is 0.926. The van der Waals surface area contributed by atoms with Crippen molar-refractivity contribution in [3.05, 3.63) is 41.2 Å². The normalized spacial score (nSPS) is 10.9. The van der Waals surface area contributed by atoms with Crippen LogP contribution in [0.5, 0.6) is 0 Å². The number of aromatic nitrogens is 3. The first-order chi connectivity index (χ1) is 8.16. The standard InChI is InChI=1S/C11H14N6/c1-8-3-5-10(6-4-8)7-13-15-11-16-14-9(2)17(11)12/h3-7H,12H2,1-2H3,(H,15,16)/b13-7-. The van der Waals surface area contributed by atoms with E-state index in [0.29, 0.717) is 11.8 Å². The van der Waals surface area contributed by atoms with Crippen molar-refractivity contribution in [3.63, 3.8) is 0 Å². The number of anilines is 1. The number of nitrogen functional groups attached to an aromatic ring is 1. The molecule has 6 nitrogen and oxygen atoms in total. The van der Waals surface area contributed by atoms with Crippen molar-refractivity contribution >= 4 is 12.2 Å². The maximum Gasteiger partial charge on any atom is 0.263 e. The number of hydrogen-bond acceptors (Lipinski definition) is 5. The molecule has 88 valence electrons. The Morgan fingerprint density at radius 3 is 2.53 bits per heavy atom. The second kappa shape index (κ2) is 4.65. The second-order valence-electron chi connectivity index (χ2n) is 3.72. The summed E-state index contributed by atoms with van der Waals surface area (Å²) in [6.07, 6.45) is 1.70. The lowest BCUT2D eigenvalue weighted by Gasteiger charge is -1.99. The van der Waals surface area contributed by atoms with Crippen LogP contribution >= 0.6 is 0 Å². The molecule has 1 aromatic heterocycles. The third kappa shape index (κ3) is 2.60. The van der Waals surface area contributed by atoms with Crippen molar-refractivity contribution in [2.45, 2.75) is 13.8 Å². The largest absolute Gasteiger partial charge is 0.335 e. The Bertz CT molecular complexity index is 525. The molecule has 1 heterocycles. The van der Waals surface area contributed by atoms with Crippen molar-refractivity contribution in [1.82, 2.24) is 14.9 Å². The van der Waals surface area contributed by atoms with Gasteiger partial charge in [-0.05, 0) is 19.4 Å². The highest BCUT2D eigenvalue weighted by molar-refractivity contribution is 5.80. The van der Waals surface area contributed by atoms with E-state index >= 15 is 0 Å². The predicted octanol–water partition coefficient (Wildman–Crippen LogP) is 1.05. The van der Waals surface area contributed by atoms with Crippen molar-refractivity contribution in [3.8, 4) is 0 Å². The first-order valence-electron chi connectivity index (χ1n) is 5.19. The number of aryl methyl sites for hydroxylation is 2. The van der Waals surface area contributed by atoms with Crippen LogP contribution in [0.1, 0.15) is 17.0 Å². The molecule has 0 saturated carbocycles. The van der Waals surface area contributed by atoms with Gasteiger partial charge in [0.25, 0.3) is 5.95 Å². The molecule has 0 aliphatic rings.